The van der Waals surface area contributed by atoms with Crippen LogP contribution in [0.3, 0.4) is 0 Å². The molecule has 0 bridgehead atoms. The Morgan fingerprint density at radius 3 is 2.54 bits per heavy atom. The van der Waals surface area contributed by atoms with Gasteiger partial charge in [-0.2, -0.15) is 0 Å². The van der Waals surface area contributed by atoms with Crippen LogP contribution in [0.5, 0.6) is 0 Å². The molecular formula is C30H34FN3O2S. The molecule has 0 aliphatic carbocycles. The fourth-order valence-electron chi connectivity index (χ4n) is 5.73. The zero-order valence-corrected chi connectivity index (χ0v) is 22.1. The van der Waals surface area contributed by atoms with Gasteiger partial charge < -0.3 is 9.80 Å². The number of hydrogen-bond acceptors (Lipinski definition) is 4. The molecule has 2 aliphatic rings. The fraction of sp³-hybridized carbons (Fsp3) is 0.400. The van der Waals surface area contributed by atoms with Crippen molar-refractivity contribution in [2.45, 2.75) is 38.1 Å². The van der Waals surface area contributed by atoms with Crippen molar-refractivity contribution >= 4 is 23.2 Å². The van der Waals surface area contributed by atoms with E-state index in [-0.39, 0.29) is 36.1 Å². The summed E-state index contributed by atoms with van der Waals surface area (Å²) < 4.78 is 14.1. The van der Waals surface area contributed by atoms with Crippen molar-refractivity contribution < 1.29 is 14.0 Å². The molecule has 5 nitrogen and oxygen atoms in total. The molecule has 0 spiro atoms. The number of benzene rings is 2. The van der Waals surface area contributed by atoms with Crippen LogP contribution in [0.25, 0.3) is 0 Å². The fourth-order valence-corrected chi connectivity index (χ4v) is 6.63. The second kappa shape index (κ2) is 11.6. The van der Waals surface area contributed by atoms with Crippen LogP contribution in [0.4, 0.5) is 4.39 Å². The molecular weight excluding hydrogens is 485 g/mol. The molecule has 5 rings (SSSR count). The maximum absolute atomic E-state index is 14.1. The lowest BCUT2D eigenvalue weighted by Crippen LogP contribution is -2.45. The molecule has 3 aromatic rings. The van der Waals surface area contributed by atoms with Gasteiger partial charge in [0, 0.05) is 37.6 Å². The number of carbonyl (C=O) groups excluding carboxylic acids is 2. The lowest BCUT2D eigenvalue weighted by Gasteiger charge is -2.37. The maximum Gasteiger partial charge on any atom is 0.236 e. The van der Waals surface area contributed by atoms with Gasteiger partial charge in [0.25, 0.3) is 0 Å². The number of carbonyl (C=O) groups is 2. The summed E-state index contributed by atoms with van der Waals surface area (Å²) in [7, 11) is 0. The number of thiophene rings is 1. The highest BCUT2D eigenvalue weighted by Gasteiger charge is 2.33. The Kier molecular flexibility index (Phi) is 8.01. The molecule has 2 aromatic carbocycles. The van der Waals surface area contributed by atoms with E-state index in [4.69, 9.17) is 0 Å². The van der Waals surface area contributed by atoms with Crippen LogP contribution in [-0.4, -0.2) is 65.8 Å². The van der Waals surface area contributed by atoms with Gasteiger partial charge in [0.2, 0.25) is 11.8 Å². The monoisotopic (exact) mass is 519 g/mol. The second-order valence-corrected chi connectivity index (χ2v) is 10.9. The van der Waals surface area contributed by atoms with Gasteiger partial charge in [-0.3, -0.25) is 14.5 Å². The average molecular weight is 520 g/mol. The summed E-state index contributed by atoms with van der Waals surface area (Å²) in [4.78, 5) is 34.2. The Morgan fingerprint density at radius 1 is 0.973 bits per heavy atom. The summed E-state index contributed by atoms with van der Waals surface area (Å²) in [6.07, 6.45) is 2.42. The van der Waals surface area contributed by atoms with Gasteiger partial charge in [-0.05, 0) is 59.5 Å². The molecule has 2 aliphatic heterocycles. The third-order valence-electron chi connectivity index (χ3n) is 7.64. The molecule has 2 amide bonds. The highest BCUT2D eigenvalue weighted by atomic mass is 32.1. The minimum atomic E-state index is -0.260. The van der Waals surface area contributed by atoms with Crippen molar-refractivity contribution in [1.82, 2.24) is 14.7 Å². The molecule has 1 fully saturated rings. The molecule has 7 heteroatoms. The van der Waals surface area contributed by atoms with Crippen molar-refractivity contribution in [3.63, 3.8) is 0 Å². The second-order valence-electron chi connectivity index (χ2n) is 9.91. The SMILES string of the molecule is CCC(C(=O)N1CCCN(C(=O)CN2CCc3sccc3C2c2cccc(F)c2)CC1)c1ccccc1. The van der Waals surface area contributed by atoms with E-state index in [9.17, 15) is 14.0 Å². The van der Waals surface area contributed by atoms with Crippen LogP contribution >= 0.6 is 11.3 Å². The number of nitrogens with zero attached hydrogens (tertiary/aromatic N) is 3. The molecule has 2 atom stereocenters. The summed E-state index contributed by atoms with van der Waals surface area (Å²) in [5, 5.41) is 2.09. The Balaban J connectivity index is 1.26. The normalized spacial score (nSPS) is 19.2. The van der Waals surface area contributed by atoms with Crippen molar-refractivity contribution in [3.05, 3.63) is 93.4 Å². The van der Waals surface area contributed by atoms with E-state index in [1.807, 2.05) is 46.2 Å². The molecule has 0 saturated carbocycles. The van der Waals surface area contributed by atoms with Crippen LogP contribution < -0.4 is 0 Å². The largest absolute Gasteiger partial charge is 0.340 e. The minimum absolute atomic E-state index is 0.0736. The van der Waals surface area contributed by atoms with E-state index >= 15 is 0 Å². The average Bonchev–Trinajstić information content (AvgIpc) is 3.25. The first-order valence-electron chi connectivity index (χ1n) is 13.2. The molecule has 1 aromatic heterocycles. The van der Waals surface area contributed by atoms with Crippen molar-refractivity contribution in [3.8, 4) is 0 Å². The highest BCUT2D eigenvalue weighted by molar-refractivity contribution is 7.10. The molecule has 0 N–H and O–H groups in total. The molecule has 2 unspecified atom stereocenters. The first-order chi connectivity index (χ1) is 18.0. The van der Waals surface area contributed by atoms with Crippen molar-refractivity contribution in [2.24, 2.45) is 0 Å². The van der Waals surface area contributed by atoms with E-state index < -0.39 is 0 Å². The van der Waals surface area contributed by atoms with Crippen molar-refractivity contribution in [2.75, 3.05) is 39.3 Å². The zero-order valence-electron chi connectivity index (χ0n) is 21.3. The number of amides is 2. The van der Waals surface area contributed by atoms with Crippen LogP contribution in [0.1, 0.15) is 53.3 Å². The lowest BCUT2D eigenvalue weighted by molar-refractivity contribution is -0.135. The Bertz CT molecular complexity index is 1230. The van der Waals surface area contributed by atoms with Crippen LogP contribution in [-0.2, 0) is 16.0 Å². The predicted octanol–water partition coefficient (Wildman–Crippen LogP) is 5.09. The van der Waals surface area contributed by atoms with E-state index in [2.05, 4.69) is 23.3 Å². The van der Waals surface area contributed by atoms with Gasteiger partial charge >= 0.3 is 0 Å². The number of hydrogen-bond donors (Lipinski definition) is 0. The standard InChI is InChI=1S/C30H34FN3O2S/c1-2-25(22-8-4-3-5-9-22)30(36)33-15-7-14-32(17-18-33)28(35)21-34-16-12-27-26(13-19-37-27)29(34)23-10-6-11-24(31)20-23/h3-6,8-11,13,19-20,25,29H,2,7,12,14-18,21H2,1H3. The van der Waals surface area contributed by atoms with Gasteiger partial charge in [0.05, 0.1) is 18.5 Å². The summed E-state index contributed by atoms with van der Waals surface area (Å²) in [6, 6.07) is 18.7. The smallest absolute Gasteiger partial charge is 0.236 e. The Labute approximate surface area is 222 Å². The van der Waals surface area contributed by atoms with Crippen LogP contribution in [0.2, 0.25) is 0 Å². The number of rotatable bonds is 6. The van der Waals surface area contributed by atoms with E-state index in [1.54, 1.807) is 23.5 Å². The third-order valence-corrected chi connectivity index (χ3v) is 8.63. The highest BCUT2D eigenvalue weighted by Crippen LogP contribution is 2.37. The third kappa shape index (κ3) is 5.63. The lowest BCUT2D eigenvalue weighted by atomic mass is 9.93. The van der Waals surface area contributed by atoms with E-state index in [0.29, 0.717) is 26.2 Å². The van der Waals surface area contributed by atoms with Gasteiger partial charge in [-0.1, -0.05) is 49.4 Å². The molecule has 194 valence electrons. The predicted molar refractivity (Wildman–Crippen MR) is 145 cm³/mol. The van der Waals surface area contributed by atoms with E-state index in [0.717, 1.165) is 36.9 Å². The molecule has 37 heavy (non-hydrogen) atoms. The first-order valence-corrected chi connectivity index (χ1v) is 14.1. The van der Waals surface area contributed by atoms with Crippen LogP contribution in [0, 0.1) is 5.82 Å². The summed E-state index contributed by atoms with van der Waals surface area (Å²) in [6.45, 7) is 5.50. The van der Waals surface area contributed by atoms with Gasteiger partial charge in [0.15, 0.2) is 0 Å². The number of fused-ring (bicyclic) bond motifs is 1. The quantitative estimate of drug-likeness (QED) is 0.456. The Hall–Kier alpha value is -3.03. The zero-order chi connectivity index (χ0) is 25.8. The maximum atomic E-state index is 14.1. The van der Waals surface area contributed by atoms with Crippen molar-refractivity contribution in [1.29, 1.82) is 0 Å². The van der Waals surface area contributed by atoms with Crippen LogP contribution in [0.15, 0.2) is 66.0 Å². The minimum Gasteiger partial charge on any atom is -0.340 e. The van der Waals surface area contributed by atoms with Gasteiger partial charge in [-0.25, -0.2) is 4.39 Å². The van der Waals surface area contributed by atoms with Gasteiger partial charge in [-0.15, -0.1) is 11.3 Å². The van der Waals surface area contributed by atoms with Gasteiger partial charge in [0.1, 0.15) is 5.82 Å². The summed E-state index contributed by atoms with van der Waals surface area (Å²) >= 11 is 1.73. The Morgan fingerprint density at radius 2 is 1.76 bits per heavy atom. The molecule has 1 saturated heterocycles. The first kappa shape index (κ1) is 25.6. The molecule has 0 radical (unpaired) electrons. The molecule has 3 heterocycles. The summed E-state index contributed by atoms with van der Waals surface area (Å²) in [5.41, 5.74) is 3.11. The number of halogens is 1. The summed E-state index contributed by atoms with van der Waals surface area (Å²) in [5.74, 6) is -0.187. The van der Waals surface area contributed by atoms with E-state index in [1.165, 1.54) is 16.5 Å². The topological polar surface area (TPSA) is 43.9 Å².